The number of aromatic nitrogens is 4. The van der Waals surface area contributed by atoms with Crippen LogP contribution in [-0.2, 0) is 4.79 Å². The fraction of sp³-hybridized carbons (Fsp3) is 0.393. The average molecular weight is 525 g/mol. The van der Waals surface area contributed by atoms with E-state index in [0.29, 0.717) is 24.2 Å². The predicted octanol–water partition coefficient (Wildman–Crippen LogP) is 6.81. The summed E-state index contributed by atoms with van der Waals surface area (Å²) < 4.78 is 21.9. The topological polar surface area (TPSA) is 93.0 Å². The number of pyridine rings is 1. The molecule has 1 aromatic carbocycles. The van der Waals surface area contributed by atoms with Crippen LogP contribution in [0.25, 0.3) is 22.2 Å². The van der Waals surface area contributed by atoms with Gasteiger partial charge in [0.2, 0.25) is 0 Å². The molecule has 1 saturated carbocycles. The molecular weight excluding hydrogens is 495 g/mol. The lowest BCUT2D eigenvalue weighted by Crippen LogP contribution is -2.24. The zero-order chi connectivity index (χ0) is 26.4. The van der Waals surface area contributed by atoms with Crippen molar-refractivity contribution in [2.24, 2.45) is 5.92 Å². The minimum absolute atomic E-state index is 0.0518. The molecule has 1 aliphatic carbocycles. The van der Waals surface area contributed by atoms with Crippen molar-refractivity contribution in [2.75, 3.05) is 7.11 Å². The lowest BCUT2D eigenvalue weighted by atomic mass is 9.86. The molecule has 3 aromatic heterocycles. The number of carboxylic acid groups (broad SMARTS) is 1. The second kappa shape index (κ2) is 9.82. The molecule has 9 heteroatoms. The first-order chi connectivity index (χ1) is 17.7. The molecule has 0 aliphatic heterocycles. The largest absolute Gasteiger partial charge is 0.496 e. The monoisotopic (exact) mass is 524 g/mol. The van der Waals surface area contributed by atoms with Gasteiger partial charge in [0.05, 0.1) is 29.8 Å². The number of benzene rings is 1. The van der Waals surface area contributed by atoms with E-state index >= 15 is 0 Å². The number of ether oxygens (including phenoxy) is 1. The molecule has 0 saturated heterocycles. The molecule has 1 unspecified atom stereocenters. The fourth-order valence-corrected chi connectivity index (χ4v) is 6.13. The van der Waals surface area contributed by atoms with Gasteiger partial charge in [0.25, 0.3) is 0 Å². The van der Waals surface area contributed by atoms with Gasteiger partial charge in [0.1, 0.15) is 17.2 Å². The van der Waals surface area contributed by atoms with Gasteiger partial charge in [-0.05, 0) is 63.3 Å². The fourth-order valence-electron chi connectivity index (χ4n) is 5.81. The van der Waals surface area contributed by atoms with E-state index < -0.39 is 11.8 Å². The van der Waals surface area contributed by atoms with E-state index in [1.54, 1.807) is 13.2 Å². The average Bonchev–Trinajstić information content (AvgIpc) is 3.44. The summed E-state index contributed by atoms with van der Waals surface area (Å²) in [5, 5.41) is 15.2. The maximum Gasteiger partial charge on any atom is 0.306 e. The van der Waals surface area contributed by atoms with E-state index in [-0.39, 0.29) is 22.9 Å². The Morgan fingerprint density at radius 3 is 2.68 bits per heavy atom. The lowest BCUT2D eigenvalue weighted by Gasteiger charge is -2.27. The third kappa shape index (κ3) is 4.37. The number of rotatable bonds is 6. The lowest BCUT2D eigenvalue weighted by molar-refractivity contribution is -0.143. The Hall–Kier alpha value is -3.39. The van der Waals surface area contributed by atoms with Crippen molar-refractivity contribution in [1.29, 1.82) is 0 Å². The highest BCUT2D eigenvalue weighted by Crippen LogP contribution is 2.42. The molecule has 4 aromatic rings. The summed E-state index contributed by atoms with van der Waals surface area (Å²) in [7, 11) is 1.55. The van der Waals surface area contributed by atoms with Gasteiger partial charge < -0.3 is 14.8 Å². The predicted molar refractivity (Wildman–Crippen MR) is 141 cm³/mol. The van der Waals surface area contributed by atoms with Crippen LogP contribution in [0.3, 0.4) is 0 Å². The van der Waals surface area contributed by atoms with Crippen LogP contribution in [-0.4, -0.2) is 37.9 Å². The second-order valence-electron chi connectivity index (χ2n) is 9.90. The number of carboxylic acids is 1. The number of halogens is 2. The SMILES string of the molecule is COc1ccc(F)c(Cl)c1C(C)c1c[nH]c2ncc(-c3c(C)nn(C4CCC(C(=O)O)CC4)c3C)cc12. The van der Waals surface area contributed by atoms with Gasteiger partial charge in [-0.2, -0.15) is 5.10 Å². The van der Waals surface area contributed by atoms with Crippen molar-refractivity contribution in [3.63, 3.8) is 0 Å². The number of carbonyl (C=O) groups is 1. The molecule has 3 heterocycles. The number of aliphatic carboxylic acids is 1. The Morgan fingerprint density at radius 2 is 2.00 bits per heavy atom. The maximum absolute atomic E-state index is 14.4. The molecule has 5 rings (SSSR count). The number of nitrogens with one attached hydrogen (secondary N) is 1. The van der Waals surface area contributed by atoms with E-state index in [1.807, 2.05) is 26.2 Å². The van der Waals surface area contributed by atoms with Gasteiger partial charge >= 0.3 is 5.97 Å². The molecule has 2 N–H and O–H groups in total. The summed E-state index contributed by atoms with van der Waals surface area (Å²) in [6.07, 6.45) is 6.65. The van der Waals surface area contributed by atoms with E-state index in [4.69, 9.17) is 21.4 Å². The molecule has 1 atom stereocenters. The summed E-state index contributed by atoms with van der Waals surface area (Å²) >= 11 is 6.39. The summed E-state index contributed by atoms with van der Waals surface area (Å²) in [4.78, 5) is 19.3. The number of aromatic amines is 1. The first kappa shape index (κ1) is 25.3. The normalized spacial score (nSPS) is 18.8. The Balaban J connectivity index is 1.53. The molecule has 0 amide bonds. The highest BCUT2D eigenvalue weighted by molar-refractivity contribution is 6.31. The molecule has 1 aliphatic rings. The third-order valence-corrected chi connectivity index (χ3v) is 8.16. The Bertz CT molecular complexity index is 1490. The third-order valence-electron chi connectivity index (χ3n) is 7.78. The maximum atomic E-state index is 14.4. The van der Waals surface area contributed by atoms with Crippen molar-refractivity contribution in [1.82, 2.24) is 19.7 Å². The number of hydrogen-bond donors (Lipinski definition) is 2. The van der Waals surface area contributed by atoms with Crippen LogP contribution in [0, 0.1) is 25.6 Å². The quantitative estimate of drug-likeness (QED) is 0.289. The van der Waals surface area contributed by atoms with Crippen LogP contribution in [0.4, 0.5) is 4.39 Å². The van der Waals surface area contributed by atoms with Crippen LogP contribution >= 0.6 is 11.6 Å². The van der Waals surface area contributed by atoms with E-state index in [9.17, 15) is 14.3 Å². The Labute approximate surface area is 219 Å². The molecule has 37 heavy (non-hydrogen) atoms. The molecule has 7 nitrogen and oxygen atoms in total. The first-order valence-electron chi connectivity index (χ1n) is 12.5. The van der Waals surface area contributed by atoms with Gasteiger partial charge in [-0.15, -0.1) is 0 Å². The summed E-state index contributed by atoms with van der Waals surface area (Å²) in [5.41, 5.74) is 6.16. The van der Waals surface area contributed by atoms with Gasteiger partial charge in [-0.3, -0.25) is 9.48 Å². The van der Waals surface area contributed by atoms with Crippen LogP contribution in [0.15, 0.2) is 30.6 Å². The van der Waals surface area contributed by atoms with Crippen LogP contribution < -0.4 is 4.74 Å². The smallest absolute Gasteiger partial charge is 0.306 e. The van der Waals surface area contributed by atoms with Crippen LogP contribution in [0.1, 0.15) is 67.1 Å². The zero-order valence-corrected chi connectivity index (χ0v) is 22.1. The molecule has 0 spiro atoms. The van der Waals surface area contributed by atoms with Gasteiger partial charge in [-0.1, -0.05) is 18.5 Å². The Kier molecular flexibility index (Phi) is 6.70. The summed E-state index contributed by atoms with van der Waals surface area (Å²) in [6.45, 7) is 6.02. The van der Waals surface area contributed by atoms with Crippen molar-refractivity contribution in [3.05, 3.63) is 63.9 Å². The first-order valence-corrected chi connectivity index (χ1v) is 12.9. The molecule has 0 radical (unpaired) electrons. The van der Waals surface area contributed by atoms with E-state index in [1.165, 1.54) is 6.07 Å². The number of H-pyrrole nitrogens is 1. The summed E-state index contributed by atoms with van der Waals surface area (Å²) in [5.74, 6) is -1.18. The van der Waals surface area contributed by atoms with Crippen molar-refractivity contribution < 1.29 is 19.0 Å². The van der Waals surface area contributed by atoms with Crippen LogP contribution in [0.5, 0.6) is 5.75 Å². The second-order valence-corrected chi connectivity index (χ2v) is 10.3. The molecule has 0 bridgehead atoms. The number of hydrogen-bond acceptors (Lipinski definition) is 4. The van der Waals surface area contributed by atoms with Crippen molar-refractivity contribution in [3.8, 4) is 16.9 Å². The highest BCUT2D eigenvalue weighted by atomic mass is 35.5. The van der Waals surface area contributed by atoms with Crippen molar-refractivity contribution >= 4 is 28.6 Å². The van der Waals surface area contributed by atoms with Gasteiger partial charge in [0.15, 0.2) is 0 Å². The minimum atomic E-state index is -0.708. The van der Waals surface area contributed by atoms with Gasteiger partial charge in [-0.25, -0.2) is 9.37 Å². The molecule has 1 fully saturated rings. The number of methoxy groups -OCH3 is 1. The zero-order valence-electron chi connectivity index (χ0n) is 21.3. The summed E-state index contributed by atoms with van der Waals surface area (Å²) in [6, 6.07) is 5.18. The van der Waals surface area contributed by atoms with Gasteiger partial charge in [0, 0.05) is 46.1 Å². The van der Waals surface area contributed by atoms with Crippen LogP contribution in [0.2, 0.25) is 5.02 Å². The Morgan fingerprint density at radius 1 is 1.27 bits per heavy atom. The highest BCUT2D eigenvalue weighted by Gasteiger charge is 2.29. The molecule has 194 valence electrons. The number of aryl methyl sites for hydroxylation is 1. The van der Waals surface area contributed by atoms with E-state index in [0.717, 1.165) is 52.0 Å². The van der Waals surface area contributed by atoms with Crippen molar-refractivity contribution in [2.45, 2.75) is 58.4 Å². The molecular formula is C28H30ClFN4O3. The number of nitrogens with zero attached hydrogens (tertiary/aromatic N) is 3. The standard InChI is InChI=1S/C28H30ClFN4O3/c1-14(24-23(37-4)10-9-22(30)26(24)29)21-13-32-27-20(21)11-18(12-31-27)25-15(2)33-34(16(25)3)19-7-5-17(6-8-19)28(35)36/h9-14,17,19H,5-8H2,1-4H3,(H,31,32)(H,35,36). The minimum Gasteiger partial charge on any atom is -0.496 e. The van der Waals surface area contributed by atoms with E-state index in [2.05, 4.69) is 27.6 Å². The number of fused-ring (bicyclic) bond motifs is 1.